The molecule has 2 N–H and O–H groups in total. The third kappa shape index (κ3) is 3.16. The minimum absolute atomic E-state index is 0.0527. The number of aliphatic hydroxyl groups is 1. The lowest BCUT2D eigenvalue weighted by molar-refractivity contribution is -0.114. The molecule has 1 aromatic carbocycles. The Labute approximate surface area is 165 Å². The van der Waals surface area contributed by atoms with Gasteiger partial charge < -0.3 is 15.2 Å². The number of anilines is 1. The van der Waals surface area contributed by atoms with Crippen molar-refractivity contribution < 1.29 is 14.6 Å². The van der Waals surface area contributed by atoms with Crippen LogP contribution in [-0.4, -0.2) is 47.1 Å². The number of nitrogens with zero attached hydrogens (tertiary/aromatic N) is 2. The predicted molar refractivity (Wildman–Crippen MR) is 109 cm³/mol. The monoisotopic (exact) mass is 381 g/mol. The van der Waals surface area contributed by atoms with Crippen molar-refractivity contribution in [1.82, 2.24) is 9.88 Å². The van der Waals surface area contributed by atoms with E-state index in [1.807, 2.05) is 12.1 Å². The average molecular weight is 381 g/mol. The van der Waals surface area contributed by atoms with Crippen molar-refractivity contribution in [1.29, 1.82) is 0 Å². The Hall–Kier alpha value is -2.44. The highest BCUT2D eigenvalue weighted by Crippen LogP contribution is 2.44. The van der Waals surface area contributed by atoms with Gasteiger partial charge in [-0.3, -0.25) is 14.7 Å². The van der Waals surface area contributed by atoms with E-state index in [2.05, 4.69) is 27.9 Å². The van der Waals surface area contributed by atoms with Crippen molar-refractivity contribution >= 4 is 22.5 Å². The van der Waals surface area contributed by atoms with Gasteiger partial charge in [-0.2, -0.15) is 0 Å². The van der Waals surface area contributed by atoms with Crippen LogP contribution in [0, 0.1) is 11.8 Å². The zero-order valence-corrected chi connectivity index (χ0v) is 16.4. The first-order valence-electron chi connectivity index (χ1n) is 9.81. The van der Waals surface area contributed by atoms with Crippen LogP contribution in [0.4, 0.5) is 5.69 Å². The Morgan fingerprint density at radius 3 is 2.93 bits per heavy atom. The second-order valence-electron chi connectivity index (χ2n) is 7.81. The van der Waals surface area contributed by atoms with Crippen molar-refractivity contribution in [2.45, 2.75) is 31.9 Å². The number of rotatable bonds is 5. The van der Waals surface area contributed by atoms with E-state index in [0.717, 1.165) is 42.4 Å². The van der Waals surface area contributed by atoms with E-state index in [1.165, 1.54) is 6.92 Å². The van der Waals surface area contributed by atoms with Gasteiger partial charge in [-0.15, -0.1) is 6.58 Å². The summed E-state index contributed by atoms with van der Waals surface area (Å²) in [6, 6.07) is 5.55. The molecule has 0 radical (unpaired) electrons. The molecular formula is C22H27N3O3. The molecule has 2 bridgehead atoms. The third-order valence-electron chi connectivity index (χ3n) is 6.26. The predicted octanol–water partition coefficient (Wildman–Crippen LogP) is 3.13. The van der Waals surface area contributed by atoms with Gasteiger partial charge in [0, 0.05) is 31.1 Å². The van der Waals surface area contributed by atoms with Gasteiger partial charge in [0.15, 0.2) is 0 Å². The second-order valence-corrected chi connectivity index (χ2v) is 7.81. The Morgan fingerprint density at radius 2 is 2.29 bits per heavy atom. The minimum Gasteiger partial charge on any atom is -0.495 e. The fourth-order valence-corrected chi connectivity index (χ4v) is 4.88. The maximum atomic E-state index is 11.8. The number of hydrogen-bond donors (Lipinski definition) is 2. The molecule has 3 aliphatic heterocycles. The molecule has 28 heavy (non-hydrogen) atoms. The maximum absolute atomic E-state index is 11.8. The van der Waals surface area contributed by atoms with Gasteiger partial charge in [-0.25, -0.2) is 0 Å². The fourth-order valence-electron chi connectivity index (χ4n) is 4.88. The van der Waals surface area contributed by atoms with Gasteiger partial charge in [0.2, 0.25) is 5.91 Å². The normalized spacial score (nSPS) is 27.4. The topological polar surface area (TPSA) is 74.7 Å². The summed E-state index contributed by atoms with van der Waals surface area (Å²) >= 11 is 0. The van der Waals surface area contributed by atoms with E-state index in [0.29, 0.717) is 23.3 Å². The first-order chi connectivity index (χ1) is 13.5. The zero-order valence-electron chi connectivity index (χ0n) is 16.4. The number of hydrogen-bond acceptors (Lipinski definition) is 5. The van der Waals surface area contributed by atoms with Crippen molar-refractivity contribution in [3.05, 3.63) is 42.6 Å². The molecule has 148 valence electrons. The number of nitrogens with one attached hydrogen (secondary N) is 1. The molecule has 0 saturated carbocycles. The van der Waals surface area contributed by atoms with Crippen LogP contribution in [0.1, 0.15) is 31.4 Å². The number of ether oxygens (including phenoxy) is 1. The molecule has 3 saturated heterocycles. The number of aromatic nitrogens is 1. The molecule has 0 spiro atoms. The molecule has 6 nitrogen and oxygen atoms in total. The first kappa shape index (κ1) is 18.9. The molecule has 1 aromatic heterocycles. The van der Waals surface area contributed by atoms with Gasteiger partial charge in [0.05, 0.1) is 24.4 Å². The summed E-state index contributed by atoms with van der Waals surface area (Å²) in [5.41, 5.74) is 2.07. The van der Waals surface area contributed by atoms with Gasteiger partial charge in [0.25, 0.3) is 0 Å². The number of carbonyl (C=O) groups excluding carboxylic acids is 1. The largest absolute Gasteiger partial charge is 0.495 e. The van der Waals surface area contributed by atoms with Gasteiger partial charge in [-0.05, 0) is 55.0 Å². The van der Waals surface area contributed by atoms with Crippen LogP contribution in [0.15, 0.2) is 37.1 Å². The zero-order chi connectivity index (χ0) is 19.8. The minimum atomic E-state index is -0.668. The number of carbonyl (C=O) groups is 1. The second kappa shape index (κ2) is 7.53. The van der Waals surface area contributed by atoms with E-state index in [-0.39, 0.29) is 11.9 Å². The highest BCUT2D eigenvalue weighted by molar-refractivity contribution is 6.04. The number of piperidine rings is 3. The lowest BCUT2D eigenvalue weighted by Crippen LogP contribution is -2.54. The summed E-state index contributed by atoms with van der Waals surface area (Å²) in [5.74, 6) is 1.44. The Kier molecular flexibility index (Phi) is 5.08. The first-order valence-corrected chi connectivity index (χ1v) is 9.81. The van der Waals surface area contributed by atoms with E-state index >= 15 is 0 Å². The molecule has 2 aromatic rings. The summed E-state index contributed by atoms with van der Waals surface area (Å²) in [5, 5.41) is 15.0. The molecule has 0 aliphatic carbocycles. The highest BCUT2D eigenvalue weighted by Gasteiger charge is 2.42. The van der Waals surface area contributed by atoms with Gasteiger partial charge in [0.1, 0.15) is 5.75 Å². The van der Waals surface area contributed by atoms with Gasteiger partial charge in [-0.1, -0.05) is 6.08 Å². The molecular weight excluding hydrogens is 354 g/mol. The Bertz CT molecular complexity index is 913. The summed E-state index contributed by atoms with van der Waals surface area (Å²) in [7, 11) is 1.57. The van der Waals surface area contributed by atoms with Crippen LogP contribution < -0.4 is 10.1 Å². The van der Waals surface area contributed by atoms with Crippen molar-refractivity contribution in [2.75, 3.05) is 25.5 Å². The summed E-state index contributed by atoms with van der Waals surface area (Å²) in [6.07, 6.45) is 5.21. The smallest absolute Gasteiger partial charge is 0.221 e. The van der Waals surface area contributed by atoms with Crippen LogP contribution in [-0.2, 0) is 4.79 Å². The number of aliphatic hydroxyl groups excluding tert-OH is 1. The number of fused-ring (bicyclic) bond motifs is 4. The van der Waals surface area contributed by atoms with E-state index in [9.17, 15) is 9.90 Å². The highest BCUT2D eigenvalue weighted by atomic mass is 16.5. The summed E-state index contributed by atoms with van der Waals surface area (Å²) in [4.78, 5) is 18.6. The van der Waals surface area contributed by atoms with E-state index in [4.69, 9.17) is 4.74 Å². The quantitative estimate of drug-likeness (QED) is 0.779. The number of amides is 1. The van der Waals surface area contributed by atoms with E-state index < -0.39 is 6.10 Å². The van der Waals surface area contributed by atoms with Crippen LogP contribution in [0.25, 0.3) is 10.9 Å². The molecule has 2 unspecified atom stereocenters. The molecule has 4 heterocycles. The summed E-state index contributed by atoms with van der Waals surface area (Å²) in [6.45, 7) is 7.39. The fraction of sp³-hybridized carbons (Fsp3) is 0.455. The number of methoxy groups -OCH3 is 1. The van der Waals surface area contributed by atoms with Crippen LogP contribution in [0.2, 0.25) is 0 Å². The third-order valence-corrected chi connectivity index (χ3v) is 6.26. The van der Waals surface area contributed by atoms with Gasteiger partial charge >= 0.3 is 0 Å². The van der Waals surface area contributed by atoms with Crippen molar-refractivity contribution in [2.24, 2.45) is 11.8 Å². The van der Waals surface area contributed by atoms with Crippen LogP contribution in [0.5, 0.6) is 5.75 Å². The molecule has 5 atom stereocenters. The average Bonchev–Trinajstić information content (AvgIpc) is 2.72. The molecule has 5 rings (SSSR count). The Balaban J connectivity index is 1.78. The van der Waals surface area contributed by atoms with Crippen LogP contribution >= 0.6 is 0 Å². The van der Waals surface area contributed by atoms with E-state index in [1.54, 1.807) is 19.4 Å². The van der Waals surface area contributed by atoms with Crippen molar-refractivity contribution in [3.8, 4) is 5.75 Å². The number of benzene rings is 1. The molecule has 1 amide bonds. The number of pyridine rings is 1. The lowest BCUT2D eigenvalue weighted by atomic mass is 9.73. The Morgan fingerprint density at radius 1 is 1.46 bits per heavy atom. The molecule has 3 fully saturated rings. The standard InChI is InChI=1S/C22H27N3O3/c1-4-14-12-25-10-8-15(14)11-18(25)22(27)16-7-9-23-17-5-6-19(28-3)21(20(16)17)24-13(2)26/h4-7,9,14-15,18,22,27H,1,8,10-12H2,2-3H3,(H,24,26)/t14-,15?,18-,22+/m0/s1. The maximum Gasteiger partial charge on any atom is 0.221 e. The molecule has 6 heteroatoms. The lowest BCUT2D eigenvalue weighted by Gasteiger charge is -2.50. The van der Waals surface area contributed by atoms with Crippen molar-refractivity contribution in [3.63, 3.8) is 0 Å². The SMILES string of the molecule is C=C[C@H]1CN2CCC1C[C@H]2[C@H](O)c1ccnc2ccc(OC)c(NC(C)=O)c12. The molecule has 3 aliphatic rings. The summed E-state index contributed by atoms with van der Waals surface area (Å²) < 4.78 is 5.47. The van der Waals surface area contributed by atoms with Crippen LogP contribution in [0.3, 0.4) is 0 Å².